The summed E-state index contributed by atoms with van der Waals surface area (Å²) in [5.74, 6) is -0.110. The van der Waals surface area contributed by atoms with Crippen molar-refractivity contribution in [2.75, 3.05) is 12.3 Å². The predicted molar refractivity (Wildman–Crippen MR) is 94.3 cm³/mol. The molecule has 0 aliphatic heterocycles. The number of hydrogen-bond acceptors (Lipinski definition) is 7. The number of aryl methyl sites for hydroxylation is 2. The van der Waals surface area contributed by atoms with Gasteiger partial charge in [0.15, 0.2) is 11.5 Å². The van der Waals surface area contributed by atoms with Gasteiger partial charge < -0.3 is 0 Å². The van der Waals surface area contributed by atoms with Crippen LogP contribution in [0.4, 0.5) is 10.1 Å². The number of halogens is 1. The molecule has 142 valence electrons. The summed E-state index contributed by atoms with van der Waals surface area (Å²) in [7, 11) is -2.76. The SMILES string of the molecule is CCS(=N)(=O)NCCCc1nonc1C(=Nc1ccc(F)c(C)c1)NO. The standard InChI is InChI=1S/C15H21FN6O3S/c1-3-26(17,24)18-8-4-5-13-14(22-25-21-13)15(20-23)19-11-6-7-12(16)10(2)9-11/h6-7,9,23H,3-5,8H2,1-2H3,(H,19,20)(H2,17,18,24). The molecule has 0 amide bonds. The summed E-state index contributed by atoms with van der Waals surface area (Å²) in [5.41, 5.74) is 3.46. The average Bonchev–Trinajstić information content (AvgIpc) is 3.08. The molecule has 2 rings (SSSR count). The highest BCUT2D eigenvalue weighted by Crippen LogP contribution is 2.18. The Bertz CT molecular complexity index is 881. The van der Waals surface area contributed by atoms with Gasteiger partial charge >= 0.3 is 0 Å². The number of aromatic nitrogens is 2. The largest absolute Gasteiger partial charge is 0.290 e. The predicted octanol–water partition coefficient (Wildman–Crippen LogP) is 2.08. The summed E-state index contributed by atoms with van der Waals surface area (Å²) in [6.07, 6.45) is 0.944. The van der Waals surface area contributed by atoms with Crippen molar-refractivity contribution in [3.63, 3.8) is 0 Å². The Kier molecular flexibility index (Phi) is 6.77. The molecule has 26 heavy (non-hydrogen) atoms. The van der Waals surface area contributed by atoms with E-state index in [0.29, 0.717) is 36.3 Å². The molecule has 11 heteroatoms. The Labute approximate surface area is 150 Å². The molecular weight excluding hydrogens is 363 g/mol. The summed E-state index contributed by atoms with van der Waals surface area (Å²) < 4.78 is 39.9. The Morgan fingerprint density at radius 1 is 1.46 bits per heavy atom. The zero-order valence-corrected chi connectivity index (χ0v) is 15.3. The first kappa shape index (κ1) is 19.9. The number of amidine groups is 1. The van der Waals surface area contributed by atoms with Crippen molar-refractivity contribution in [2.45, 2.75) is 26.7 Å². The van der Waals surface area contributed by atoms with Crippen LogP contribution in [-0.2, 0) is 16.3 Å². The number of aliphatic imine (C=N–C) groups is 1. The highest BCUT2D eigenvalue weighted by atomic mass is 32.2. The smallest absolute Gasteiger partial charge is 0.181 e. The third-order valence-corrected chi connectivity index (χ3v) is 5.08. The van der Waals surface area contributed by atoms with Gasteiger partial charge in [-0.05, 0) is 48.7 Å². The summed E-state index contributed by atoms with van der Waals surface area (Å²) >= 11 is 0. The van der Waals surface area contributed by atoms with Crippen LogP contribution >= 0.6 is 0 Å². The quantitative estimate of drug-likeness (QED) is 0.238. The number of hydroxylamine groups is 1. The van der Waals surface area contributed by atoms with Gasteiger partial charge in [-0.2, -0.15) is 0 Å². The van der Waals surface area contributed by atoms with Gasteiger partial charge in [-0.15, -0.1) is 0 Å². The second-order valence-corrected chi connectivity index (χ2v) is 7.74. The van der Waals surface area contributed by atoms with Crippen LogP contribution in [0.3, 0.4) is 0 Å². The Morgan fingerprint density at radius 3 is 2.88 bits per heavy atom. The van der Waals surface area contributed by atoms with Crippen molar-refractivity contribution in [3.05, 3.63) is 41.0 Å². The number of hydrogen-bond donors (Lipinski definition) is 4. The van der Waals surface area contributed by atoms with E-state index >= 15 is 0 Å². The molecule has 1 aromatic carbocycles. The summed E-state index contributed by atoms with van der Waals surface area (Å²) in [6, 6.07) is 4.27. The van der Waals surface area contributed by atoms with E-state index in [4.69, 9.17) is 9.41 Å². The van der Waals surface area contributed by atoms with Gasteiger partial charge in [0.2, 0.25) is 0 Å². The van der Waals surface area contributed by atoms with Crippen molar-refractivity contribution < 1.29 is 18.4 Å². The van der Waals surface area contributed by atoms with E-state index in [9.17, 15) is 13.8 Å². The molecular formula is C15H21FN6O3S. The molecule has 4 N–H and O–H groups in total. The molecule has 0 aliphatic rings. The van der Waals surface area contributed by atoms with E-state index in [-0.39, 0.29) is 23.1 Å². The lowest BCUT2D eigenvalue weighted by Gasteiger charge is -2.07. The molecule has 0 fully saturated rings. The van der Waals surface area contributed by atoms with Gasteiger partial charge in [0, 0.05) is 12.3 Å². The van der Waals surface area contributed by atoms with Gasteiger partial charge in [0.25, 0.3) is 0 Å². The topological polar surface area (TPSA) is 136 Å². The van der Waals surface area contributed by atoms with Crippen LogP contribution in [-0.4, -0.2) is 37.9 Å². The Hall–Kier alpha value is -2.37. The first-order chi connectivity index (χ1) is 12.4. The van der Waals surface area contributed by atoms with E-state index in [1.807, 2.05) is 5.48 Å². The van der Waals surface area contributed by atoms with Crippen LogP contribution in [0.5, 0.6) is 0 Å². The monoisotopic (exact) mass is 384 g/mol. The normalized spacial score (nSPS) is 14.2. The zero-order valence-electron chi connectivity index (χ0n) is 14.5. The third kappa shape index (κ3) is 5.31. The third-order valence-electron chi connectivity index (χ3n) is 3.60. The maximum absolute atomic E-state index is 13.3. The fourth-order valence-corrected chi connectivity index (χ4v) is 2.78. The minimum atomic E-state index is -2.76. The van der Waals surface area contributed by atoms with E-state index in [1.165, 1.54) is 18.2 Å². The van der Waals surface area contributed by atoms with Crippen LogP contribution in [0, 0.1) is 17.5 Å². The molecule has 0 saturated carbocycles. The molecule has 2 aromatic rings. The van der Waals surface area contributed by atoms with Crippen LogP contribution < -0.4 is 10.2 Å². The minimum Gasteiger partial charge on any atom is -0.290 e. The van der Waals surface area contributed by atoms with Gasteiger partial charge in [0.05, 0.1) is 5.69 Å². The van der Waals surface area contributed by atoms with Crippen molar-refractivity contribution >= 4 is 21.4 Å². The van der Waals surface area contributed by atoms with Crippen molar-refractivity contribution in [3.8, 4) is 0 Å². The molecule has 9 nitrogen and oxygen atoms in total. The molecule has 0 aliphatic carbocycles. The van der Waals surface area contributed by atoms with E-state index in [0.717, 1.165) is 0 Å². The summed E-state index contributed by atoms with van der Waals surface area (Å²) in [5, 5.41) is 16.9. The maximum Gasteiger partial charge on any atom is 0.181 e. The van der Waals surface area contributed by atoms with Gasteiger partial charge in [-0.25, -0.2) is 27.7 Å². The highest BCUT2D eigenvalue weighted by Gasteiger charge is 2.16. The van der Waals surface area contributed by atoms with E-state index < -0.39 is 9.92 Å². The number of rotatable bonds is 8. The molecule has 0 bridgehead atoms. The fourth-order valence-electron chi connectivity index (χ4n) is 2.10. The van der Waals surface area contributed by atoms with Gasteiger partial charge in [-0.3, -0.25) is 10.7 Å². The second kappa shape index (κ2) is 8.83. The summed E-state index contributed by atoms with van der Waals surface area (Å²) in [4.78, 5) is 4.20. The minimum absolute atomic E-state index is 0.0121. The van der Waals surface area contributed by atoms with Gasteiger partial charge in [0.1, 0.15) is 21.4 Å². The van der Waals surface area contributed by atoms with Crippen LogP contribution in [0.25, 0.3) is 0 Å². The van der Waals surface area contributed by atoms with Crippen LogP contribution in [0.15, 0.2) is 27.8 Å². The number of nitrogens with one attached hydrogen (secondary N) is 3. The van der Waals surface area contributed by atoms with Crippen LogP contribution in [0.1, 0.15) is 30.3 Å². The Morgan fingerprint density at radius 2 is 2.23 bits per heavy atom. The molecule has 1 unspecified atom stereocenters. The average molecular weight is 384 g/mol. The van der Waals surface area contributed by atoms with Gasteiger partial charge in [-0.1, -0.05) is 12.1 Å². The zero-order chi connectivity index (χ0) is 19.2. The second-order valence-electron chi connectivity index (χ2n) is 5.53. The maximum atomic E-state index is 13.3. The number of benzene rings is 1. The fraction of sp³-hybridized carbons (Fsp3) is 0.400. The Balaban J connectivity index is 2.11. The lowest BCUT2D eigenvalue weighted by Crippen LogP contribution is -2.26. The van der Waals surface area contributed by atoms with Crippen LogP contribution in [0.2, 0.25) is 0 Å². The summed E-state index contributed by atoms with van der Waals surface area (Å²) in [6.45, 7) is 3.64. The molecule has 0 spiro atoms. The first-order valence-corrected chi connectivity index (χ1v) is 9.67. The number of nitrogens with zero attached hydrogens (tertiary/aromatic N) is 3. The lowest BCUT2D eigenvalue weighted by molar-refractivity contribution is 0.234. The van der Waals surface area contributed by atoms with Crippen molar-refractivity contribution in [1.82, 2.24) is 20.5 Å². The van der Waals surface area contributed by atoms with Crippen molar-refractivity contribution in [1.29, 1.82) is 4.78 Å². The molecule has 0 saturated heterocycles. The van der Waals surface area contributed by atoms with Crippen molar-refractivity contribution in [2.24, 2.45) is 4.99 Å². The van der Waals surface area contributed by atoms with E-state index in [1.54, 1.807) is 13.8 Å². The molecule has 1 aromatic heterocycles. The molecule has 1 atom stereocenters. The first-order valence-electron chi connectivity index (χ1n) is 7.94. The highest BCUT2D eigenvalue weighted by molar-refractivity contribution is 7.90. The van der Waals surface area contributed by atoms with E-state index in [2.05, 4.69) is 20.0 Å². The molecule has 1 heterocycles. The molecule has 0 radical (unpaired) electrons. The lowest BCUT2D eigenvalue weighted by atomic mass is 10.2.